The number of hydrogen-bond donors (Lipinski definition) is 0. The second-order valence-electron chi connectivity index (χ2n) is 3.23. The van der Waals surface area contributed by atoms with Crippen LogP contribution in [0.1, 0.15) is 23.2 Å². The summed E-state index contributed by atoms with van der Waals surface area (Å²) in [7, 11) is 0. The Hall–Kier alpha value is -0.250. The molecule has 1 aromatic carbocycles. The van der Waals surface area contributed by atoms with Crippen molar-refractivity contribution < 1.29 is 9.53 Å². The van der Waals surface area contributed by atoms with Crippen LogP contribution in [-0.2, 0) is 0 Å². The standard InChI is InChI=1S/C10H7BrCl2O2/c11-5-4-6(12)10-8(9(5)13)7(14)2-1-3-15-10/h4H,1-3H2. The zero-order chi connectivity index (χ0) is 11.0. The number of ether oxygens (including phenoxy) is 1. The topological polar surface area (TPSA) is 26.3 Å². The molecule has 0 N–H and O–H groups in total. The fourth-order valence-electron chi connectivity index (χ4n) is 1.50. The predicted molar refractivity (Wildman–Crippen MR) is 63.2 cm³/mol. The first kappa shape index (κ1) is 11.2. The third kappa shape index (κ3) is 2.01. The summed E-state index contributed by atoms with van der Waals surface area (Å²) in [5.74, 6) is 0.392. The van der Waals surface area contributed by atoms with Crippen LogP contribution in [0.5, 0.6) is 5.75 Å². The minimum atomic E-state index is -0.0179. The summed E-state index contributed by atoms with van der Waals surface area (Å²) in [6.07, 6.45) is 1.14. The Morgan fingerprint density at radius 3 is 2.87 bits per heavy atom. The number of hydrogen-bond acceptors (Lipinski definition) is 2. The molecule has 0 unspecified atom stereocenters. The Kier molecular flexibility index (Phi) is 3.24. The molecule has 0 amide bonds. The number of carbonyl (C=O) groups excluding carboxylic acids is 1. The third-order valence-electron chi connectivity index (χ3n) is 2.20. The number of fused-ring (bicyclic) bond motifs is 1. The van der Waals surface area contributed by atoms with Crippen LogP contribution >= 0.6 is 39.1 Å². The Labute approximate surface area is 106 Å². The average molecular weight is 310 g/mol. The Bertz CT molecular complexity index is 432. The van der Waals surface area contributed by atoms with Crippen molar-refractivity contribution >= 4 is 44.9 Å². The van der Waals surface area contributed by atoms with E-state index in [9.17, 15) is 4.79 Å². The van der Waals surface area contributed by atoms with E-state index in [1.807, 2.05) is 0 Å². The van der Waals surface area contributed by atoms with Crippen LogP contribution in [0.15, 0.2) is 10.5 Å². The summed E-state index contributed by atoms with van der Waals surface area (Å²) in [5, 5.41) is 0.790. The van der Waals surface area contributed by atoms with Gasteiger partial charge in [0.2, 0.25) is 0 Å². The predicted octanol–water partition coefficient (Wildman–Crippen LogP) is 4.11. The van der Waals surface area contributed by atoms with Gasteiger partial charge in [-0.05, 0) is 28.4 Å². The van der Waals surface area contributed by atoms with Gasteiger partial charge in [-0.1, -0.05) is 23.2 Å². The minimum Gasteiger partial charge on any atom is -0.491 e. The van der Waals surface area contributed by atoms with Gasteiger partial charge in [0, 0.05) is 10.9 Å². The molecule has 15 heavy (non-hydrogen) atoms. The van der Waals surface area contributed by atoms with Gasteiger partial charge >= 0.3 is 0 Å². The quantitative estimate of drug-likeness (QED) is 0.674. The van der Waals surface area contributed by atoms with E-state index in [1.165, 1.54) is 0 Å². The fourth-order valence-corrected chi connectivity index (χ4v) is 2.56. The molecule has 1 aliphatic rings. The fraction of sp³-hybridized carbons (Fsp3) is 0.300. The summed E-state index contributed by atoms with van der Waals surface area (Å²) in [6, 6.07) is 1.64. The number of halogens is 3. The van der Waals surface area contributed by atoms with Crippen molar-refractivity contribution in [1.82, 2.24) is 0 Å². The van der Waals surface area contributed by atoms with Gasteiger partial charge in [0.05, 0.1) is 22.2 Å². The maximum absolute atomic E-state index is 11.8. The number of benzene rings is 1. The average Bonchev–Trinajstić information content (AvgIpc) is 2.37. The van der Waals surface area contributed by atoms with Crippen molar-refractivity contribution in [1.29, 1.82) is 0 Å². The third-order valence-corrected chi connectivity index (χ3v) is 3.73. The lowest BCUT2D eigenvalue weighted by Gasteiger charge is -2.10. The van der Waals surface area contributed by atoms with Gasteiger partial charge in [0.15, 0.2) is 5.78 Å². The van der Waals surface area contributed by atoms with Crippen molar-refractivity contribution in [2.75, 3.05) is 6.61 Å². The van der Waals surface area contributed by atoms with E-state index in [0.717, 1.165) is 0 Å². The SMILES string of the molecule is O=C1CCCOc2c(Cl)cc(Br)c(Cl)c21. The van der Waals surface area contributed by atoms with Crippen molar-refractivity contribution in [3.63, 3.8) is 0 Å². The largest absolute Gasteiger partial charge is 0.491 e. The molecule has 0 fully saturated rings. The summed E-state index contributed by atoms with van der Waals surface area (Å²) in [6.45, 7) is 0.496. The summed E-state index contributed by atoms with van der Waals surface area (Å²) >= 11 is 15.3. The molecule has 2 nitrogen and oxygen atoms in total. The van der Waals surface area contributed by atoms with Crippen molar-refractivity contribution in [2.24, 2.45) is 0 Å². The van der Waals surface area contributed by atoms with Gasteiger partial charge in [-0.15, -0.1) is 0 Å². The number of ketones is 1. The van der Waals surface area contributed by atoms with E-state index in [0.29, 0.717) is 45.3 Å². The zero-order valence-electron chi connectivity index (χ0n) is 7.65. The monoisotopic (exact) mass is 308 g/mol. The van der Waals surface area contributed by atoms with E-state index in [4.69, 9.17) is 27.9 Å². The van der Waals surface area contributed by atoms with Gasteiger partial charge in [-0.3, -0.25) is 4.79 Å². The van der Waals surface area contributed by atoms with Crippen LogP contribution < -0.4 is 4.74 Å². The molecule has 0 saturated carbocycles. The molecule has 0 radical (unpaired) electrons. The van der Waals surface area contributed by atoms with E-state index < -0.39 is 0 Å². The van der Waals surface area contributed by atoms with E-state index >= 15 is 0 Å². The Morgan fingerprint density at radius 2 is 2.13 bits per heavy atom. The zero-order valence-corrected chi connectivity index (χ0v) is 10.7. The van der Waals surface area contributed by atoms with Gasteiger partial charge in [-0.2, -0.15) is 0 Å². The Balaban J connectivity index is 2.69. The highest BCUT2D eigenvalue weighted by Crippen LogP contribution is 2.41. The highest BCUT2D eigenvalue weighted by molar-refractivity contribution is 9.10. The van der Waals surface area contributed by atoms with Gasteiger partial charge in [0.1, 0.15) is 5.75 Å². The molecule has 0 spiro atoms. The first-order valence-electron chi connectivity index (χ1n) is 4.44. The first-order valence-corrected chi connectivity index (χ1v) is 5.99. The molecular weight excluding hydrogens is 303 g/mol. The molecule has 0 bridgehead atoms. The molecule has 0 atom stereocenters. The van der Waals surface area contributed by atoms with Gasteiger partial charge < -0.3 is 4.74 Å². The van der Waals surface area contributed by atoms with E-state index in [1.54, 1.807) is 6.07 Å². The Morgan fingerprint density at radius 1 is 1.40 bits per heavy atom. The molecule has 0 saturated heterocycles. The highest BCUT2D eigenvalue weighted by Gasteiger charge is 2.24. The second-order valence-corrected chi connectivity index (χ2v) is 4.87. The van der Waals surface area contributed by atoms with Crippen LogP contribution in [0.4, 0.5) is 0 Å². The second kappa shape index (κ2) is 4.32. The molecular formula is C10H7BrCl2O2. The first-order chi connectivity index (χ1) is 7.11. The normalized spacial score (nSPS) is 15.5. The van der Waals surface area contributed by atoms with E-state index in [2.05, 4.69) is 15.9 Å². The summed E-state index contributed by atoms with van der Waals surface area (Å²) < 4.78 is 6.04. The van der Waals surface area contributed by atoms with Crippen molar-refractivity contribution in [3.05, 3.63) is 26.1 Å². The van der Waals surface area contributed by atoms with Crippen LogP contribution in [0.3, 0.4) is 0 Å². The maximum Gasteiger partial charge on any atom is 0.168 e. The molecule has 0 aromatic heterocycles. The maximum atomic E-state index is 11.8. The lowest BCUT2D eigenvalue weighted by atomic mass is 10.1. The molecule has 5 heteroatoms. The smallest absolute Gasteiger partial charge is 0.168 e. The van der Waals surface area contributed by atoms with Crippen LogP contribution in [0.2, 0.25) is 10.0 Å². The van der Waals surface area contributed by atoms with E-state index in [-0.39, 0.29) is 5.78 Å². The molecule has 1 heterocycles. The number of carbonyl (C=O) groups is 1. The lowest BCUT2D eigenvalue weighted by Crippen LogP contribution is -2.00. The van der Waals surface area contributed by atoms with Crippen LogP contribution in [0.25, 0.3) is 0 Å². The lowest BCUT2D eigenvalue weighted by molar-refractivity contribution is 0.0983. The van der Waals surface area contributed by atoms with Gasteiger partial charge in [0.25, 0.3) is 0 Å². The number of rotatable bonds is 0. The van der Waals surface area contributed by atoms with Gasteiger partial charge in [-0.25, -0.2) is 0 Å². The number of Topliss-reactive ketones (excluding diaryl/α,β-unsaturated/α-hetero) is 1. The van der Waals surface area contributed by atoms with Crippen molar-refractivity contribution in [3.8, 4) is 5.75 Å². The minimum absolute atomic E-state index is 0.0179. The van der Waals surface area contributed by atoms with Crippen LogP contribution in [0, 0.1) is 0 Å². The van der Waals surface area contributed by atoms with Crippen molar-refractivity contribution in [2.45, 2.75) is 12.8 Å². The summed E-state index contributed by atoms with van der Waals surface area (Å²) in [5.41, 5.74) is 0.397. The molecule has 80 valence electrons. The molecule has 1 aromatic rings. The molecule has 1 aliphatic heterocycles. The molecule has 0 aliphatic carbocycles. The highest BCUT2D eigenvalue weighted by atomic mass is 79.9. The summed E-state index contributed by atoms with van der Waals surface area (Å²) in [4.78, 5) is 11.8. The van der Waals surface area contributed by atoms with Crippen LogP contribution in [-0.4, -0.2) is 12.4 Å². The molecule has 2 rings (SSSR count).